The molecule has 2 N–H and O–H groups in total. The van der Waals surface area contributed by atoms with Gasteiger partial charge in [-0.2, -0.15) is 5.01 Å². The Bertz CT molecular complexity index is 2210. The van der Waals surface area contributed by atoms with Crippen molar-refractivity contribution in [2.75, 3.05) is 18.5 Å². The molecule has 2 aliphatic carbocycles. The standard InChI is InChI=1S/C44H40ClFN4O5/c45-29-11-9-28(10-12-29)44-37(41(53)50(43(44)55)47-31-15-13-30(46)14-16-31)24-36-34(39(44)27-7-4-8-33(51)23-27)17-18-35-38(36)42(54)49(40(35)52)32-19-21-48(22-20-32)25-26-5-2-1-3-6-26/h1-17,23,32,35-39,47,51H,18-22,24-25H2. The zero-order valence-electron chi connectivity index (χ0n) is 30.0. The Morgan fingerprint density at radius 3 is 2.25 bits per heavy atom. The van der Waals surface area contributed by atoms with Crippen molar-refractivity contribution in [3.8, 4) is 5.75 Å². The Labute approximate surface area is 323 Å². The van der Waals surface area contributed by atoms with Crippen LogP contribution in [0.5, 0.6) is 5.75 Å². The molecule has 0 radical (unpaired) electrons. The molecule has 6 unspecified atom stereocenters. The number of likely N-dealkylation sites (tertiary alicyclic amines) is 2. The van der Waals surface area contributed by atoms with Crippen molar-refractivity contribution in [2.24, 2.45) is 23.7 Å². The summed E-state index contributed by atoms with van der Waals surface area (Å²) in [6.07, 6.45) is 3.85. The lowest BCUT2D eigenvalue weighted by atomic mass is 9.49. The number of rotatable bonds is 7. The monoisotopic (exact) mass is 758 g/mol. The van der Waals surface area contributed by atoms with Gasteiger partial charge in [-0.3, -0.25) is 34.4 Å². The van der Waals surface area contributed by atoms with E-state index in [2.05, 4.69) is 22.5 Å². The average molecular weight is 759 g/mol. The summed E-state index contributed by atoms with van der Waals surface area (Å²) in [5.41, 5.74) is 5.01. The molecule has 4 amide bonds. The summed E-state index contributed by atoms with van der Waals surface area (Å²) in [7, 11) is 0. The lowest BCUT2D eigenvalue weighted by molar-refractivity contribution is -0.144. The average Bonchev–Trinajstić information content (AvgIpc) is 3.57. The summed E-state index contributed by atoms with van der Waals surface area (Å²) >= 11 is 6.38. The first-order chi connectivity index (χ1) is 26.6. The molecule has 9 rings (SSSR count). The van der Waals surface area contributed by atoms with Crippen molar-refractivity contribution in [1.29, 1.82) is 0 Å². The van der Waals surface area contributed by atoms with Crippen LogP contribution in [0.15, 0.2) is 115 Å². The predicted octanol–water partition coefficient (Wildman–Crippen LogP) is 6.83. The zero-order valence-corrected chi connectivity index (χ0v) is 30.7. The lowest BCUT2D eigenvalue weighted by Gasteiger charge is -2.50. The van der Waals surface area contributed by atoms with E-state index in [0.717, 1.165) is 30.2 Å². The fraction of sp³-hybridized carbons (Fsp3) is 0.318. The summed E-state index contributed by atoms with van der Waals surface area (Å²) in [4.78, 5) is 62.9. The van der Waals surface area contributed by atoms with Gasteiger partial charge in [0.1, 0.15) is 11.6 Å². The molecule has 4 aromatic carbocycles. The number of hydrazine groups is 1. The second-order valence-electron chi connectivity index (χ2n) is 15.5. The van der Waals surface area contributed by atoms with Crippen LogP contribution in [0.1, 0.15) is 48.3 Å². The first kappa shape index (κ1) is 35.4. The molecule has 4 fully saturated rings. The summed E-state index contributed by atoms with van der Waals surface area (Å²) in [5, 5.41) is 12.3. The van der Waals surface area contributed by atoms with Crippen LogP contribution in [0.25, 0.3) is 0 Å². The SMILES string of the molecule is O=C1C2CC3C(=CCC4C(=O)N(C5CCN(Cc6ccccc6)CC5)C(=O)C43)C(c3cccc(O)c3)C2(c2ccc(Cl)cc2)C(=O)N1Nc1ccc(F)cc1. The van der Waals surface area contributed by atoms with Gasteiger partial charge < -0.3 is 5.11 Å². The normalized spacial score (nSPS) is 28.2. The van der Waals surface area contributed by atoms with Gasteiger partial charge in [-0.25, -0.2) is 4.39 Å². The van der Waals surface area contributed by atoms with Gasteiger partial charge >= 0.3 is 0 Å². The summed E-state index contributed by atoms with van der Waals surface area (Å²) in [5.74, 6) is -5.37. The molecular weight excluding hydrogens is 719 g/mol. The second kappa shape index (κ2) is 13.8. The van der Waals surface area contributed by atoms with E-state index in [1.165, 1.54) is 34.7 Å². The summed E-state index contributed by atoms with van der Waals surface area (Å²) in [6, 6.07) is 29.0. The first-order valence-electron chi connectivity index (χ1n) is 18.9. The van der Waals surface area contributed by atoms with Gasteiger partial charge in [0.2, 0.25) is 11.8 Å². The van der Waals surface area contributed by atoms with Gasteiger partial charge in [-0.1, -0.05) is 77.8 Å². The number of imide groups is 2. The maximum absolute atomic E-state index is 15.2. The van der Waals surface area contributed by atoms with Crippen molar-refractivity contribution < 1.29 is 28.7 Å². The molecule has 3 aliphatic heterocycles. The third-order valence-corrected chi connectivity index (χ3v) is 12.9. The third kappa shape index (κ3) is 5.76. The molecule has 0 aromatic heterocycles. The molecule has 55 heavy (non-hydrogen) atoms. The van der Waals surface area contributed by atoms with Crippen LogP contribution >= 0.6 is 11.6 Å². The number of anilines is 1. The molecule has 11 heteroatoms. The molecule has 6 atom stereocenters. The van der Waals surface area contributed by atoms with Crippen LogP contribution in [0.2, 0.25) is 5.02 Å². The fourth-order valence-corrected chi connectivity index (χ4v) is 10.4. The number of hydrogen-bond acceptors (Lipinski definition) is 7. The first-order valence-corrected chi connectivity index (χ1v) is 19.3. The molecule has 0 spiro atoms. The van der Waals surface area contributed by atoms with E-state index >= 15 is 4.79 Å². The van der Waals surface area contributed by atoms with Gasteiger partial charge in [-0.15, -0.1) is 0 Å². The number of piperidine rings is 1. The highest BCUT2D eigenvalue weighted by Crippen LogP contribution is 2.64. The van der Waals surface area contributed by atoms with Gasteiger partial charge in [0.25, 0.3) is 11.8 Å². The predicted molar refractivity (Wildman–Crippen MR) is 204 cm³/mol. The molecule has 3 saturated heterocycles. The van der Waals surface area contributed by atoms with E-state index in [9.17, 15) is 23.9 Å². The highest BCUT2D eigenvalue weighted by molar-refractivity contribution is 6.30. The van der Waals surface area contributed by atoms with E-state index in [1.807, 2.05) is 30.3 Å². The van der Waals surface area contributed by atoms with E-state index in [-0.39, 0.29) is 30.0 Å². The summed E-state index contributed by atoms with van der Waals surface area (Å²) < 4.78 is 13.9. The van der Waals surface area contributed by atoms with Gasteiger partial charge in [-0.05, 0) is 96.8 Å². The molecule has 5 aliphatic rings. The molecule has 9 nitrogen and oxygen atoms in total. The lowest BCUT2D eigenvalue weighted by Crippen LogP contribution is -2.53. The Hall–Kier alpha value is -5.32. The van der Waals surface area contributed by atoms with Crippen molar-refractivity contribution >= 4 is 40.9 Å². The number of amides is 4. The Morgan fingerprint density at radius 2 is 1.55 bits per heavy atom. The minimum atomic E-state index is -1.51. The number of phenols is 1. The van der Waals surface area contributed by atoms with E-state index in [0.29, 0.717) is 41.1 Å². The Balaban J connectivity index is 1.10. The maximum atomic E-state index is 15.2. The molecule has 3 heterocycles. The topological polar surface area (TPSA) is 110 Å². The van der Waals surface area contributed by atoms with Crippen molar-refractivity contribution in [2.45, 2.75) is 49.6 Å². The number of nitrogens with one attached hydrogen (secondary N) is 1. The Morgan fingerprint density at radius 1 is 0.818 bits per heavy atom. The number of benzene rings is 4. The quantitative estimate of drug-likeness (QED) is 0.157. The molecular formula is C44H40ClFN4O5. The van der Waals surface area contributed by atoms with Crippen LogP contribution in [0.3, 0.4) is 0 Å². The Kier molecular flexibility index (Phi) is 8.85. The van der Waals surface area contributed by atoms with E-state index in [4.69, 9.17) is 11.6 Å². The molecule has 280 valence electrons. The van der Waals surface area contributed by atoms with Crippen molar-refractivity contribution in [1.82, 2.24) is 14.8 Å². The van der Waals surface area contributed by atoms with Crippen molar-refractivity contribution in [3.05, 3.63) is 142 Å². The van der Waals surface area contributed by atoms with E-state index in [1.54, 1.807) is 42.5 Å². The van der Waals surface area contributed by atoms with Crippen LogP contribution in [-0.2, 0) is 31.1 Å². The van der Waals surface area contributed by atoms with Crippen LogP contribution < -0.4 is 5.43 Å². The fourth-order valence-electron chi connectivity index (χ4n) is 10.3. The maximum Gasteiger partial charge on any atom is 0.260 e. The number of carbonyl (C=O) groups is 4. The number of phenolic OH excluding ortho intramolecular Hbond substituents is 1. The highest BCUT2D eigenvalue weighted by atomic mass is 35.5. The number of halogens is 2. The minimum absolute atomic E-state index is 0.00770. The largest absolute Gasteiger partial charge is 0.508 e. The van der Waals surface area contributed by atoms with Crippen LogP contribution in [-0.4, -0.2) is 62.7 Å². The number of carbonyl (C=O) groups excluding carboxylic acids is 4. The van der Waals surface area contributed by atoms with Crippen molar-refractivity contribution in [3.63, 3.8) is 0 Å². The molecule has 4 aromatic rings. The smallest absolute Gasteiger partial charge is 0.260 e. The number of hydrogen-bond donors (Lipinski definition) is 2. The minimum Gasteiger partial charge on any atom is -0.508 e. The van der Waals surface area contributed by atoms with Gasteiger partial charge in [0, 0.05) is 36.6 Å². The number of fused-ring (bicyclic) bond motifs is 4. The summed E-state index contributed by atoms with van der Waals surface area (Å²) in [6.45, 7) is 2.33. The molecule has 0 bridgehead atoms. The third-order valence-electron chi connectivity index (χ3n) is 12.7. The second-order valence-corrected chi connectivity index (χ2v) is 15.9. The molecule has 1 saturated carbocycles. The van der Waals surface area contributed by atoms with Crippen LogP contribution in [0, 0.1) is 29.5 Å². The number of aromatic hydroxyl groups is 1. The van der Waals surface area contributed by atoms with Crippen LogP contribution in [0.4, 0.5) is 10.1 Å². The van der Waals surface area contributed by atoms with Gasteiger partial charge in [0.15, 0.2) is 0 Å². The highest BCUT2D eigenvalue weighted by Gasteiger charge is 2.70. The number of allylic oxidation sites excluding steroid dienone is 2. The van der Waals surface area contributed by atoms with Gasteiger partial charge in [0.05, 0.1) is 28.9 Å². The number of nitrogens with zero attached hydrogens (tertiary/aromatic N) is 3. The van der Waals surface area contributed by atoms with E-state index < -0.39 is 52.6 Å². The zero-order chi connectivity index (χ0) is 38.0.